The fourth-order valence-corrected chi connectivity index (χ4v) is 3.21. The van der Waals surface area contributed by atoms with Gasteiger partial charge in [-0.1, -0.05) is 24.6 Å². The van der Waals surface area contributed by atoms with Crippen molar-refractivity contribution in [3.63, 3.8) is 0 Å². The van der Waals surface area contributed by atoms with Crippen LogP contribution in [0.1, 0.15) is 19.3 Å². The molecule has 0 amide bonds. The number of rotatable bonds is 10. The van der Waals surface area contributed by atoms with Gasteiger partial charge in [0, 0.05) is 32.5 Å². The molecule has 5 heteroatoms. The van der Waals surface area contributed by atoms with Gasteiger partial charge in [0.15, 0.2) is 0 Å². The van der Waals surface area contributed by atoms with Gasteiger partial charge in [0.1, 0.15) is 0 Å². The summed E-state index contributed by atoms with van der Waals surface area (Å²) in [6.45, 7) is 0.917. The van der Waals surface area contributed by atoms with Crippen LogP contribution in [0.4, 0.5) is 5.69 Å². The van der Waals surface area contributed by atoms with Gasteiger partial charge >= 0.3 is 9.28 Å². The van der Waals surface area contributed by atoms with E-state index in [2.05, 4.69) is 17.4 Å². The number of benzene rings is 1. The van der Waals surface area contributed by atoms with Gasteiger partial charge in [-0.3, -0.25) is 0 Å². The second kappa shape index (κ2) is 9.97. The van der Waals surface area contributed by atoms with Crippen LogP contribution < -0.4 is 11.1 Å². The SMILES string of the molecule is CO[SiH](CCCC(N)CCNc1ccccc1)OC. The van der Waals surface area contributed by atoms with Crippen LogP contribution in [0.25, 0.3) is 0 Å². The summed E-state index contributed by atoms with van der Waals surface area (Å²) < 4.78 is 10.6. The van der Waals surface area contributed by atoms with Gasteiger partial charge in [0.05, 0.1) is 0 Å². The minimum atomic E-state index is -1.40. The van der Waals surface area contributed by atoms with E-state index in [4.69, 9.17) is 14.6 Å². The Hall–Kier alpha value is -0.883. The Bertz CT molecular complexity index is 320. The Kier molecular flexibility index (Phi) is 8.49. The van der Waals surface area contributed by atoms with Crippen LogP contribution in [0.2, 0.25) is 6.04 Å². The van der Waals surface area contributed by atoms with Crippen molar-refractivity contribution >= 4 is 15.0 Å². The monoisotopic (exact) mass is 282 g/mol. The number of anilines is 1. The first-order chi connectivity index (χ1) is 9.26. The lowest BCUT2D eigenvalue weighted by molar-refractivity contribution is 0.275. The third-order valence-electron chi connectivity index (χ3n) is 3.16. The smallest absolute Gasteiger partial charge is 0.320 e. The van der Waals surface area contributed by atoms with E-state index in [-0.39, 0.29) is 6.04 Å². The fraction of sp³-hybridized carbons (Fsp3) is 0.571. The van der Waals surface area contributed by atoms with Crippen LogP contribution in [0.15, 0.2) is 30.3 Å². The molecule has 108 valence electrons. The number of hydrogen-bond donors (Lipinski definition) is 2. The molecular formula is C14H26N2O2Si. The maximum Gasteiger partial charge on any atom is 0.320 e. The number of para-hydroxylation sites is 1. The Labute approximate surface area is 118 Å². The minimum Gasteiger partial charge on any atom is -0.400 e. The molecule has 0 aliphatic carbocycles. The highest BCUT2D eigenvalue weighted by Gasteiger charge is 2.10. The molecule has 1 atom stereocenters. The lowest BCUT2D eigenvalue weighted by Gasteiger charge is -2.14. The molecule has 0 saturated carbocycles. The van der Waals surface area contributed by atoms with E-state index >= 15 is 0 Å². The molecule has 0 fully saturated rings. The molecule has 0 heterocycles. The van der Waals surface area contributed by atoms with Crippen molar-refractivity contribution in [1.29, 1.82) is 0 Å². The van der Waals surface area contributed by atoms with Crippen molar-refractivity contribution in [1.82, 2.24) is 0 Å². The van der Waals surface area contributed by atoms with Crippen molar-refractivity contribution in [3.05, 3.63) is 30.3 Å². The van der Waals surface area contributed by atoms with E-state index < -0.39 is 9.28 Å². The van der Waals surface area contributed by atoms with Gasteiger partial charge in [-0.2, -0.15) is 0 Å². The summed E-state index contributed by atoms with van der Waals surface area (Å²) in [5.41, 5.74) is 7.25. The fourth-order valence-electron chi connectivity index (χ4n) is 1.98. The molecular weight excluding hydrogens is 256 g/mol. The van der Waals surface area contributed by atoms with Crippen LogP contribution in [0.3, 0.4) is 0 Å². The molecule has 1 unspecified atom stereocenters. The van der Waals surface area contributed by atoms with Crippen molar-refractivity contribution in [3.8, 4) is 0 Å². The summed E-state index contributed by atoms with van der Waals surface area (Å²) >= 11 is 0. The van der Waals surface area contributed by atoms with Crippen molar-refractivity contribution < 1.29 is 8.85 Å². The Morgan fingerprint density at radius 2 is 1.84 bits per heavy atom. The first-order valence-electron chi connectivity index (χ1n) is 6.86. The Balaban J connectivity index is 2.06. The minimum absolute atomic E-state index is 0.250. The molecule has 0 aliphatic rings. The second-order valence-corrected chi connectivity index (χ2v) is 7.05. The summed E-state index contributed by atoms with van der Waals surface area (Å²) in [4.78, 5) is 0. The Morgan fingerprint density at radius 1 is 1.16 bits per heavy atom. The number of hydrogen-bond acceptors (Lipinski definition) is 4. The first-order valence-corrected chi connectivity index (χ1v) is 8.62. The average Bonchev–Trinajstić information content (AvgIpc) is 2.45. The molecule has 0 radical (unpaired) electrons. The van der Waals surface area contributed by atoms with Gasteiger partial charge in [0.2, 0.25) is 0 Å². The molecule has 19 heavy (non-hydrogen) atoms. The van der Waals surface area contributed by atoms with Crippen LogP contribution in [0, 0.1) is 0 Å². The summed E-state index contributed by atoms with van der Waals surface area (Å²) in [7, 11) is 2.05. The van der Waals surface area contributed by atoms with Crippen LogP contribution in [-0.4, -0.2) is 36.1 Å². The number of nitrogens with two attached hydrogens (primary N) is 1. The van der Waals surface area contributed by atoms with E-state index in [1.165, 1.54) is 0 Å². The maximum atomic E-state index is 6.10. The molecule has 1 rings (SSSR count). The molecule has 0 saturated heterocycles. The van der Waals surface area contributed by atoms with Crippen molar-refractivity contribution in [2.75, 3.05) is 26.1 Å². The van der Waals surface area contributed by atoms with Gasteiger partial charge < -0.3 is 19.9 Å². The maximum absolute atomic E-state index is 6.10. The van der Waals surface area contributed by atoms with Gasteiger partial charge in [-0.25, -0.2) is 0 Å². The molecule has 1 aromatic rings. The predicted molar refractivity (Wildman–Crippen MR) is 82.7 cm³/mol. The van der Waals surface area contributed by atoms with Gasteiger partial charge in [-0.15, -0.1) is 0 Å². The van der Waals surface area contributed by atoms with Gasteiger partial charge in [0.25, 0.3) is 0 Å². The molecule has 3 N–H and O–H groups in total. The molecule has 0 aromatic heterocycles. The zero-order valence-electron chi connectivity index (χ0n) is 12.0. The van der Waals surface area contributed by atoms with Crippen molar-refractivity contribution in [2.24, 2.45) is 5.73 Å². The highest BCUT2D eigenvalue weighted by molar-refractivity contribution is 6.44. The topological polar surface area (TPSA) is 56.5 Å². The zero-order valence-corrected chi connectivity index (χ0v) is 13.1. The van der Waals surface area contributed by atoms with E-state index in [1.807, 2.05) is 18.2 Å². The van der Waals surface area contributed by atoms with E-state index in [0.717, 1.165) is 37.5 Å². The van der Waals surface area contributed by atoms with Crippen LogP contribution in [0.5, 0.6) is 0 Å². The lowest BCUT2D eigenvalue weighted by Crippen LogP contribution is -2.25. The first kappa shape index (κ1) is 16.2. The third kappa shape index (κ3) is 7.32. The third-order valence-corrected chi connectivity index (χ3v) is 5.09. The van der Waals surface area contributed by atoms with Crippen molar-refractivity contribution in [2.45, 2.75) is 31.3 Å². The van der Waals surface area contributed by atoms with Gasteiger partial charge in [-0.05, 0) is 31.0 Å². The summed E-state index contributed by atoms with van der Waals surface area (Å²) in [6.07, 6.45) is 3.11. The molecule has 0 aliphatic heterocycles. The zero-order chi connectivity index (χ0) is 13.9. The Morgan fingerprint density at radius 3 is 2.47 bits per heavy atom. The summed E-state index contributed by atoms with van der Waals surface area (Å²) in [5.74, 6) is 0. The van der Waals surface area contributed by atoms with E-state index in [9.17, 15) is 0 Å². The molecule has 0 bridgehead atoms. The molecule has 1 aromatic carbocycles. The summed E-state index contributed by atoms with van der Waals surface area (Å²) in [5, 5.41) is 3.38. The normalized spacial score (nSPS) is 12.6. The lowest BCUT2D eigenvalue weighted by atomic mass is 10.1. The largest absolute Gasteiger partial charge is 0.400 e. The van der Waals surface area contributed by atoms with E-state index in [1.54, 1.807) is 14.2 Å². The molecule has 4 nitrogen and oxygen atoms in total. The average molecular weight is 282 g/mol. The van der Waals surface area contributed by atoms with Crippen LogP contribution in [-0.2, 0) is 8.85 Å². The highest BCUT2D eigenvalue weighted by atomic mass is 28.3. The quantitative estimate of drug-likeness (QED) is 0.645. The predicted octanol–water partition coefficient (Wildman–Crippen LogP) is 2.11. The number of nitrogens with one attached hydrogen (secondary N) is 1. The second-order valence-electron chi connectivity index (χ2n) is 4.67. The van der Waals surface area contributed by atoms with Crippen LogP contribution >= 0.6 is 0 Å². The highest BCUT2D eigenvalue weighted by Crippen LogP contribution is 2.08. The standard InChI is InChI=1S/C14H26N2O2Si/c1-17-19(18-2)12-6-7-13(15)10-11-16-14-8-4-3-5-9-14/h3-5,8-9,13,16,19H,6-7,10-12,15H2,1-2H3. The summed E-state index contributed by atoms with van der Waals surface area (Å²) in [6, 6.07) is 11.5. The molecule has 0 spiro atoms. The van der Waals surface area contributed by atoms with E-state index in [0.29, 0.717) is 0 Å².